The largest absolute Gasteiger partial charge is 0.353 e. The number of aromatic nitrogens is 2. The van der Waals surface area contributed by atoms with Crippen LogP contribution in [-0.2, 0) is 10.3 Å². The number of nitrogens with one attached hydrogen (secondary N) is 2. The minimum absolute atomic E-state index is 0. The van der Waals surface area contributed by atoms with Crippen LogP contribution in [0.15, 0.2) is 18.5 Å². The van der Waals surface area contributed by atoms with Gasteiger partial charge in [-0.3, -0.25) is 9.48 Å². The van der Waals surface area contributed by atoms with Crippen LogP contribution < -0.4 is 10.6 Å². The molecule has 1 aliphatic heterocycles. The summed E-state index contributed by atoms with van der Waals surface area (Å²) in [5.74, 6) is 0.153. The Morgan fingerprint density at radius 3 is 2.57 bits per heavy atom. The lowest BCUT2D eigenvalue weighted by Crippen LogP contribution is -2.56. The molecule has 2 N–H and O–H groups in total. The highest BCUT2D eigenvalue weighted by molar-refractivity contribution is 5.85. The molecule has 0 bridgehead atoms. The summed E-state index contributed by atoms with van der Waals surface area (Å²) in [7, 11) is 0. The van der Waals surface area contributed by atoms with E-state index in [-0.39, 0.29) is 18.3 Å². The van der Waals surface area contributed by atoms with Crippen LogP contribution in [0.5, 0.6) is 0 Å². The highest BCUT2D eigenvalue weighted by atomic mass is 35.5. The first-order valence-electron chi connectivity index (χ1n) is 8.70. The highest BCUT2D eigenvalue weighted by Gasteiger charge is 2.43. The molecule has 0 atom stereocenters. The van der Waals surface area contributed by atoms with Gasteiger partial charge in [0.15, 0.2) is 0 Å². The topological polar surface area (TPSA) is 59.0 Å². The second-order valence-electron chi connectivity index (χ2n) is 7.02. The van der Waals surface area contributed by atoms with Gasteiger partial charge in [-0.15, -0.1) is 12.4 Å². The van der Waals surface area contributed by atoms with Gasteiger partial charge in [0, 0.05) is 18.9 Å². The highest BCUT2D eigenvalue weighted by Crippen LogP contribution is 2.44. The Morgan fingerprint density at radius 2 is 2.04 bits per heavy atom. The molecule has 2 heterocycles. The fourth-order valence-electron chi connectivity index (χ4n) is 4.08. The summed E-state index contributed by atoms with van der Waals surface area (Å²) >= 11 is 0. The molecule has 6 heteroatoms. The van der Waals surface area contributed by atoms with Gasteiger partial charge < -0.3 is 10.6 Å². The molecule has 1 aromatic rings. The normalized spacial score (nSPS) is 21.8. The van der Waals surface area contributed by atoms with Crippen molar-refractivity contribution in [2.24, 2.45) is 5.41 Å². The van der Waals surface area contributed by atoms with Gasteiger partial charge >= 0.3 is 0 Å². The Morgan fingerprint density at radius 1 is 1.30 bits per heavy atom. The summed E-state index contributed by atoms with van der Waals surface area (Å²) in [5.41, 5.74) is -0.144. The minimum Gasteiger partial charge on any atom is -0.353 e. The predicted octanol–water partition coefficient (Wildman–Crippen LogP) is 2.47. The standard InChI is InChI=1S/C17H28N4O.ClH/c1-2-5-16(6-3-7-16)14-19-15(22)17(8-11-18-12-9-17)21-13-4-10-20-21;/h4,10,13,18H,2-3,5-9,11-12,14H2,1H3,(H,19,22);1H. The molecule has 1 saturated heterocycles. The number of carbonyl (C=O) groups is 1. The molecule has 1 amide bonds. The molecule has 0 spiro atoms. The van der Waals surface area contributed by atoms with Crippen LogP contribution in [0.2, 0.25) is 0 Å². The number of carbonyl (C=O) groups excluding carboxylic acids is 1. The first kappa shape index (κ1) is 18.3. The van der Waals surface area contributed by atoms with E-state index in [1.807, 2.05) is 16.9 Å². The number of amides is 1. The third-order valence-electron chi connectivity index (χ3n) is 5.61. The first-order valence-corrected chi connectivity index (χ1v) is 8.70. The van der Waals surface area contributed by atoms with E-state index in [2.05, 4.69) is 22.7 Å². The zero-order chi connectivity index (χ0) is 15.5. The van der Waals surface area contributed by atoms with Crippen LogP contribution in [0.25, 0.3) is 0 Å². The van der Waals surface area contributed by atoms with Gasteiger partial charge in [-0.05, 0) is 56.7 Å². The van der Waals surface area contributed by atoms with Gasteiger partial charge in [0.2, 0.25) is 5.91 Å². The number of hydrogen-bond donors (Lipinski definition) is 2. The SMILES string of the molecule is CCCC1(CNC(=O)C2(n3cccn3)CCNCC2)CCC1.Cl. The lowest BCUT2D eigenvalue weighted by Gasteiger charge is -2.43. The average Bonchev–Trinajstić information content (AvgIpc) is 3.05. The van der Waals surface area contributed by atoms with E-state index >= 15 is 0 Å². The van der Waals surface area contributed by atoms with Crippen molar-refractivity contribution in [3.8, 4) is 0 Å². The zero-order valence-corrected chi connectivity index (χ0v) is 14.8. The third-order valence-corrected chi connectivity index (χ3v) is 5.61. The van der Waals surface area contributed by atoms with Crippen LogP contribution in [0.4, 0.5) is 0 Å². The number of halogens is 1. The Bertz CT molecular complexity index is 493. The summed E-state index contributed by atoms with van der Waals surface area (Å²) in [6.07, 6.45) is 11.6. The van der Waals surface area contributed by atoms with Crippen molar-refractivity contribution in [2.75, 3.05) is 19.6 Å². The summed E-state index contributed by atoms with van der Waals surface area (Å²) in [5, 5.41) is 11.0. The quantitative estimate of drug-likeness (QED) is 0.836. The number of hydrogen-bond acceptors (Lipinski definition) is 3. The molecule has 2 fully saturated rings. The molecule has 130 valence electrons. The minimum atomic E-state index is -0.508. The first-order chi connectivity index (χ1) is 10.7. The molecule has 5 nitrogen and oxygen atoms in total. The second-order valence-corrected chi connectivity index (χ2v) is 7.02. The molecule has 1 aromatic heterocycles. The Labute approximate surface area is 145 Å². The molecule has 1 saturated carbocycles. The Hall–Kier alpha value is -1.07. The van der Waals surface area contributed by atoms with Crippen molar-refractivity contribution in [2.45, 2.75) is 57.4 Å². The maximum absolute atomic E-state index is 13.0. The van der Waals surface area contributed by atoms with Crippen molar-refractivity contribution < 1.29 is 4.79 Å². The lowest BCUT2D eigenvalue weighted by atomic mass is 9.66. The van der Waals surface area contributed by atoms with Gasteiger partial charge in [0.25, 0.3) is 0 Å². The van der Waals surface area contributed by atoms with E-state index < -0.39 is 5.54 Å². The Kier molecular flexibility index (Phi) is 6.09. The summed E-state index contributed by atoms with van der Waals surface area (Å²) in [6.45, 7) is 4.80. The fourth-order valence-corrected chi connectivity index (χ4v) is 4.08. The van der Waals surface area contributed by atoms with Crippen molar-refractivity contribution in [3.05, 3.63) is 18.5 Å². The summed E-state index contributed by atoms with van der Waals surface area (Å²) < 4.78 is 1.87. The monoisotopic (exact) mass is 340 g/mol. The van der Waals surface area contributed by atoms with Gasteiger partial charge in [-0.25, -0.2) is 0 Å². The molecule has 1 aliphatic carbocycles. The second kappa shape index (κ2) is 7.67. The van der Waals surface area contributed by atoms with Crippen molar-refractivity contribution in [1.82, 2.24) is 20.4 Å². The predicted molar refractivity (Wildman–Crippen MR) is 93.8 cm³/mol. The number of rotatable bonds is 6. The number of nitrogens with zero attached hydrogens (tertiary/aromatic N) is 2. The maximum Gasteiger partial charge on any atom is 0.248 e. The smallest absolute Gasteiger partial charge is 0.248 e. The van der Waals surface area contributed by atoms with Crippen molar-refractivity contribution >= 4 is 18.3 Å². The molecule has 0 aromatic carbocycles. The van der Waals surface area contributed by atoms with Crippen LogP contribution in [0.3, 0.4) is 0 Å². The zero-order valence-electron chi connectivity index (χ0n) is 14.0. The van der Waals surface area contributed by atoms with Crippen LogP contribution in [0.1, 0.15) is 51.9 Å². The third kappa shape index (κ3) is 3.56. The van der Waals surface area contributed by atoms with E-state index in [9.17, 15) is 4.79 Å². The molecule has 0 radical (unpaired) electrons. The number of piperidine rings is 1. The van der Waals surface area contributed by atoms with E-state index in [4.69, 9.17) is 0 Å². The van der Waals surface area contributed by atoms with E-state index in [0.717, 1.165) is 32.5 Å². The van der Waals surface area contributed by atoms with Crippen LogP contribution in [0, 0.1) is 5.41 Å². The average molecular weight is 341 g/mol. The van der Waals surface area contributed by atoms with E-state index in [1.165, 1.54) is 32.1 Å². The van der Waals surface area contributed by atoms with E-state index in [1.54, 1.807) is 6.20 Å². The Balaban J connectivity index is 0.00000192. The molecule has 2 aliphatic rings. The molecular weight excluding hydrogens is 312 g/mol. The van der Waals surface area contributed by atoms with Gasteiger partial charge in [-0.2, -0.15) is 5.10 Å². The molecule has 3 rings (SSSR count). The van der Waals surface area contributed by atoms with Crippen molar-refractivity contribution in [1.29, 1.82) is 0 Å². The molecule has 0 unspecified atom stereocenters. The van der Waals surface area contributed by atoms with Crippen LogP contribution in [-0.4, -0.2) is 35.3 Å². The van der Waals surface area contributed by atoms with Gasteiger partial charge in [0.05, 0.1) is 0 Å². The lowest BCUT2D eigenvalue weighted by molar-refractivity contribution is -0.133. The summed E-state index contributed by atoms with van der Waals surface area (Å²) in [6, 6.07) is 1.90. The fraction of sp³-hybridized carbons (Fsp3) is 0.765. The molecular formula is C17H29ClN4O. The summed E-state index contributed by atoms with van der Waals surface area (Å²) in [4.78, 5) is 13.0. The van der Waals surface area contributed by atoms with Crippen molar-refractivity contribution in [3.63, 3.8) is 0 Å². The maximum atomic E-state index is 13.0. The van der Waals surface area contributed by atoms with Gasteiger partial charge in [0.1, 0.15) is 5.54 Å². The van der Waals surface area contributed by atoms with E-state index in [0.29, 0.717) is 5.41 Å². The van der Waals surface area contributed by atoms with Gasteiger partial charge in [-0.1, -0.05) is 19.8 Å². The molecule has 23 heavy (non-hydrogen) atoms. The van der Waals surface area contributed by atoms with Crippen LogP contribution >= 0.6 is 12.4 Å².